The Bertz CT molecular complexity index is 275. The standard InChI is InChI=1S/C10H15NO4/c1-2-15-9(12)4-3-8-5-6-11(7-8)10(13)14/h3-4,8H,2,5-7H2,1H3,(H,13,14)/b4-3+/t8-/m0/s1. The van der Waals surface area contributed by atoms with Gasteiger partial charge < -0.3 is 14.7 Å². The van der Waals surface area contributed by atoms with Crippen LogP contribution in [0.2, 0.25) is 0 Å². The molecule has 1 N–H and O–H groups in total. The van der Waals surface area contributed by atoms with Crippen molar-refractivity contribution < 1.29 is 19.4 Å². The van der Waals surface area contributed by atoms with E-state index in [2.05, 4.69) is 0 Å². The summed E-state index contributed by atoms with van der Waals surface area (Å²) in [6, 6.07) is 0. The maximum absolute atomic E-state index is 11.0. The van der Waals surface area contributed by atoms with Crippen LogP contribution >= 0.6 is 0 Å². The topological polar surface area (TPSA) is 66.8 Å². The SMILES string of the molecule is CCOC(=O)/C=C/[C@H]1CCN(C(=O)O)C1. The highest BCUT2D eigenvalue weighted by Crippen LogP contribution is 2.17. The Morgan fingerprint density at radius 2 is 2.33 bits per heavy atom. The molecule has 0 radical (unpaired) electrons. The number of carbonyl (C=O) groups excluding carboxylic acids is 1. The summed E-state index contributed by atoms with van der Waals surface area (Å²) in [5.74, 6) is -0.239. The lowest BCUT2D eigenvalue weighted by Crippen LogP contribution is -2.26. The molecule has 1 fully saturated rings. The number of hydrogen-bond donors (Lipinski definition) is 1. The molecule has 1 heterocycles. The van der Waals surface area contributed by atoms with Gasteiger partial charge in [0, 0.05) is 19.2 Å². The summed E-state index contributed by atoms with van der Waals surface area (Å²) < 4.78 is 4.72. The highest BCUT2D eigenvalue weighted by Gasteiger charge is 2.23. The van der Waals surface area contributed by atoms with E-state index in [4.69, 9.17) is 9.84 Å². The van der Waals surface area contributed by atoms with E-state index >= 15 is 0 Å². The van der Waals surface area contributed by atoms with Gasteiger partial charge in [-0.1, -0.05) is 6.08 Å². The van der Waals surface area contributed by atoms with Crippen LogP contribution in [-0.4, -0.2) is 41.8 Å². The second-order valence-corrected chi connectivity index (χ2v) is 3.39. The molecule has 1 aliphatic rings. The molecule has 0 spiro atoms. The minimum absolute atomic E-state index is 0.130. The van der Waals surface area contributed by atoms with E-state index in [9.17, 15) is 9.59 Å². The molecule has 15 heavy (non-hydrogen) atoms. The Balaban J connectivity index is 2.35. The fourth-order valence-corrected chi connectivity index (χ4v) is 1.52. The summed E-state index contributed by atoms with van der Waals surface area (Å²) in [7, 11) is 0. The Labute approximate surface area is 88.3 Å². The molecule has 84 valence electrons. The second kappa shape index (κ2) is 5.38. The number of ether oxygens (including phenoxy) is 1. The molecule has 1 atom stereocenters. The maximum atomic E-state index is 11.0. The molecule has 1 rings (SSSR count). The van der Waals surface area contributed by atoms with Crippen LogP contribution in [-0.2, 0) is 9.53 Å². The van der Waals surface area contributed by atoms with Gasteiger partial charge in [-0.25, -0.2) is 9.59 Å². The lowest BCUT2D eigenvalue weighted by Gasteiger charge is -2.09. The first kappa shape index (κ1) is 11.6. The fourth-order valence-electron chi connectivity index (χ4n) is 1.52. The summed E-state index contributed by atoms with van der Waals surface area (Å²) in [5.41, 5.74) is 0. The molecular weight excluding hydrogens is 198 g/mol. The largest absolute Gasteiger partial charge is 0.465 e. The summed E-state index contributed by atoms with van der Waals surface area (Å²) in [4.78, 5) is 22.9. The number of carbonyl (C=O) groups is 2. The molecule has 0 bridgehead atoms. The molecule has 0 unspecified atom stereocenters. The molecule has 0 aromatic rings. The first-order valence-electron chi connectivity index (χ1n) is 4.96. The van der Waals surface area contributed by atoms with Crippen molar-refractivity contribution in [2.75, 3.05) is 19.7 Å². The average Bonchev–Trinajstić information content (AvgIpc) is 2.63. The minimum atomic E-state index is -0.901. The second-order valence-electron chi connectivity index (χ2n) is 3.39. The van der Waals surface area contributed by atoms with E-state index < -0.39 is 6.09 Å². The van der Waals surface area contributed by atoms with Gasteiger partial charge in [-0.05, 0) is 19.3 Å². The van der Waals surface area contributed by atoms with Gasteiger partial charge in [0.05, 0.1) is 6.61 Å². The normalized spacial score (nSPS) is 20.9. The molecule has 0 saturated carbocycles. The zero-order valence-electron chi connectivity index (χ0n) is 8.68. The Morgan fingerprint density at radius 3 is 2.87 bits per heavy atom. The van der Waals surface area contributed by atoms with Gasteiger partial charge >= 0.3 is 12.1 Å². The Morgan fingerprint density at radius 1 is 1.60 bits per heavy atom. The van der Waals surface area contributed by atoms with E-state index in [1.54, 1.807) is 13.0 Å². The summed E-state index contributed by atoms with van der Waals surface area (Å²) in [5, 5.41) is 8.70. The van der Waals surface area contributed by atoms with Crippen LogP contribution in [0, 0.1) is 5.92 Å². The third-order valence-corrected chi connectivity index (χ3v) is 2.29. The third kappa shape index (κ3) is 3.61. The van der Waals surface area contributed by atoms with E-state index in [-0.39, 0.29) is 11.9 Å². The molecule has 1 aliphatic heterocycles. The molecule has 1 saturated heterocycles. The third-order valence-electron chi connectivity index (χ3n) is 2.29. The van der Waals surface area contributed by atoms with E-state index in [1.807, 2.05) is 0 Å². The predicted molar refractivity (Wildman–Crippen MR) is 53.5 cm³/mol. The van der Waals surface area contributed by atoms with Crippen molar-refractivity contribution in [1.29, 1.82) is 0 Å². The van der Waals surface area contributed by atoms with Gasteiger partial charge in [0.2, 0.25) is 0 Å². The number of nitrogens with zero attached hydrogens (tertiary/aromatic N) is 1. The molecule has 0 aliphatic carbocycles. The predicted octanol–water partition coefficient (Wildman–Crippen LogP) is 1.11. The lowest BCUT2D eigenvalue weighted by molar-refractivity contribution is -0.137. The van der Waals surface area contributed by atoms with Crippen molar-refractivity contribution in [2.24, 2.45) is 5.92 Å². The van der Waals surface area contributed by atoms with Gasteiger partial charge in [-0.15, -0.1) is 0 Å². The van der Waals surface area contributed by atoms with Gasteiger partial charge in [0.1, 0.15) is 0 Å². The molecule has 0 aromatic heterocycles. The minimum Gasteiger partial charge on any atom is -0.465 e. The van der Waals surface area contributed by atoms with Crippen molar-refractivity contribution in [3.8, 4) is 0 Å². The monoisotopic (exact) mass is 213 g/mol. The fraction of sp³-hybridized carbons (Fsp3) is 0.600. The zero-order valence-corrected chi connectivity index (χ0v) is 8.68. The zero-order chi connectivity index (χ0) is 11.3. The highest BCUT2D eigenvalue weighted by molar-refractivity contribution is 5.81. The number of hydrogen-bond acceptors (Lipinski definition) is 3. The summed E-state index contributed by atoms with van der Waals surface area (Å²) in [6.45, 7) is 3.10. The van der Waals surface area contributed by atoms with Crippen LogP contribution in [0.25, 0.3) is 0 Å². The maximum Gasteiger partial charge on any atom is 0.407 e. The molecular formula is C10H15NO4. The van der Waals surface area contributed by atoms with E-state index in [1.165, 1.54) is 11.0 Å². The van der Waals surface area contributed by atoms with Crippen molar-refractivity contribution in [3.63, 3.8) is 0 Å². The Kier molecular flexibility index (Phi) is 4.15. The van der Waals surface area contributed by atoms with E-state index in [0.717, 1.165) is 6.42 Å². The lowest BCUT2D eigenvalue weighted by atomic mass is 10.1. The molecule has 5 nitrogen and oxygen atoms in total. The smallest absolute Gasteiger partial charge is 0.407 e. The average molecular weight is 213 g/mol. The first-order valence-corrected chi connectivity index (χ1v) is 4.96. The van der Waals surface area contributed by atoms with Crippen molar-refractivity contribution >= 4 is 12.1 Å². The van der Waals surface area contributed by atoms with Crippen LogP contribution in [0.4, 0.5) is 4.79 Å². The van der Waals surface area contributed by atoms with Crippen molar-refractivity contribution in [1.82, 2.24) is 4.90 Å². The number of likely N-dealkylation sites (tertiary alicyclic amines) is 1. The van der Waals surface area contributed by atoms with E-state index in [0.29, 0.717) is 19.7 Å². The highest BCUT2D eigenvalue weighted by atomic mass is 16.5. The van der Waals surface area contributed by atoms with Crippen LogP contribution < -0.4 is 0 Å². The number of esters is 1. The summed E-state index contributed by atoms with van der Waals surface area (Å²) in [6.07, 6.45) is 2.96. The van der Waals surface area contributed by atoms with Crippen molar-refractivity contribution in [3.05, 3.63) is 12.2 Å². The quantitative estimate of drug-likeness (QED) is 0.563. The molecule has 0 aromatic carbocycles. The molecule has 1 amide bonds. The number of rotatable bonds is 3. The molecule has 5 heteroatoms. The van der Waals surface area contributed by atoms with Gasteiger partial charge in [-0.3, -0.25) is 0 Å². The van der Waals surface area contributed by atoms with Crippen LogP contribution in [0.3, 0.4) is 0 Å². The van der Waals surface area contributed by atoms with Gasteiger partial charge in [-0.2, -0.15) is 0 Å². The Hall–Kier alpha value is -1.52. The van der Waals surface area contributed by atoms with Crippen LogP contribution in [0.1, 0.15) is 13.3 Å². The number of amides is 1. The van der Waals surface area contributed by atoms with Crippen LogP contribution in [0.5, 0.6) is 0 Å². The first-order chi connectivity index (χ1) is 7.13. The van der Waals surface area contributed by atoms with Crippen LogP contribution in [0.15, 0.2) is 12.2 Å². The number of carboxylic acid groups (broad SMARTS) is 1. The van der Waals surface area contributed by atoms with Gasteiger partial charge in [0.25, 0.3) is 0 Å². The van der Waals surface area contributed by atoms with Crippen molar-refractivity contribution in [2.45, 2.75) is 13.3 Å². The summed E-state index contributed by atoms with van der Waals surface area (Å²) >= 11 is 0. The van der Waals surface area contributed by atoms with Gasteiger partial charge in [0.15, 0.2) is 0 Å².